The van der Waals surface area contributed by atoms with E-state index < -0.39 is 0 Å². The smallest absolute Gasteiger partial charge is 0.271 e. The second kappa shape index (κ2) is 4.79. The summed E-state index contributed by atoms with van der Waals surface area (Å²) in [5.74, 6) is -0.223. The van der Waals surface area contributed by atoms with Crippen LogP contribution in [0.25, 0.3) is 0 Å². The highest BCUT2D eigenvalue weighted by atomic mass is 16.1. The summed E-state index contributed by atoms with van der Waals surface area (Å²) in [5, 5.41) is 9.02. The highest BCUT2D eigenvalue weighted by Gasteiger charge is 2.12. The van der Waals surface area contributed by atoms with E-state index in [1.54, 1.807) is 0 Å². The van der Waals surface area contributed by atoms with Crippen LogP contribution in [0, 0.1) is 0 Å². The molecule has 84 valence electrons. The van der Waals surface area contributed by atoms with Crippen molar-refractivity contribution in [2.75, 3.05) is 26.4 Å². The van der Waals surface area contributed by atoms with Gasteiger partial charge in [-0.1, -0.05) is 0 Å². The van der Waals surface area contributed by atoms with Crippen LogP contribution in [0.5, 0.6) is 0 Å². The van der Waals surface area contributed by atoms with E-state index in [-0.39, 0.29) is 11.9 Å². The standard InChI is InChI=1S/C9H17N5O/c1-6(14(2)3)4-11-9(15)8-7(10)5-12-13-8/h5-6H,4,10H2,1-3H3,(H,11,15)(H,12,13). The van der Waals surface area contributed by atoms with Crippen LogP contribution in [0.1, 0.15) is 17.4 Å². The molecule has 1 atom stereocenters. The van der Waals surface area contributed by atoms with Gasteiger partial charge in [0.1, 0.15) is 5.69 Å². The summed E-state index contributed by atoms with van der Waals surface area (Å²) in [6.07, 6.45) is 1.42. The number of amides is 1. The number of anilines is 1. The van der Waals surface area contributed by atoms with Crippen molar-refractivity contribution >= 4 is 11.6 Å². The average Bonchev–Trinajstić information content (AvgIpc) is 2.60. The van der Waals surface area contributed by atoms with Gasteiger partial charge in [-0.05, 0) is 21.0 Å². The minimum atomic E-state index is -0.223. The molecule has 0 fully saturated rings. The number of hydrogen-bond donors (Lipinski definition) is 3. The van der Waals surface area contributed by atoms with E-state index in [0.717, 1.165) is 0 Å². The van der Waals surface area contributed by atoms with E-state index >= 15 is 0 Å². The van der Waals surface area contributed by atoms with Crippen molar-refractivity contribution in [3.8, 4) is 0 Å². The maximum absolute atomic E-state index is 11.6. The van der Waals surface area contributed by atoms with Gasteiger partial charge in [0.15, 0.2) is 0 Å². The van der Waals surface area contributed by atoms with E-state index in [2.05, 4.69) is 15.5 Å². The molecule has 0 spiro atoms. The van der Waals surface area contributed by atoms with Crippen LogP contribution < -0.4 is 11.1 Å². The minimum absolute atomic E-state index is 0.223. The highest BCUT2D eigenvalue weighted by Crippen LogP contribution is 2.05. The molecule has 4 N–H and O–H groups in total. The fraction of sp³-hybridized carbons (Fsp3) is 0.556. The Morgan fingerprint density at radius 2 is 2.40 bits per heavy atom. The number of hydrogen-bond acceptors (Lipinski definition) is 4. The molecule has 0 aliphatic rings. The number of nitrogen functional groups attached to an aromatic ring is 1. The lowest BCUT2D eigenvalue weighted by molar-refractivity contribution is 0.0939. The van der Waals surface area contributed by atoms with Crippen molar-refractivity contribution in [1.29, 1.82) is 0 Å². The van der Waals surface area contributed by atoms with E-state index in [0.29, 0.717) is 17.9 Å². The van der Waals surface area contributed by atoms with Gasteiger partial charge >= 0.3 is 0 Å². The third kappa shape index (κ3) is 2.95. The fourth-order valence-corrected chi connectivity index (χ4v) is 0.989. The van der Waals surface area contributed by atoms with Gasteiger partial charge in [-0.25, -0.2) is 0 Å². The van der Waals surface area contributed by atoms with Crippen LogP contribution in [0.15, 0.2) is 6.20 Å². The van der Waals surface area contributed by atoms with Crippen LogP contribution in [0.3, 0.4) is 0 Å². The number of carbonyl (C=O) groups excluding carboxylic acids is 1. The molecule has 0 aliphatic carbocycles. The fourth-order valence-electron chi connectivity index (χ4n) is 0.989. The predicted molar refractivity (Wildman–Crippen MR) is 58.5 cm³/mol. The molecule has 1 unspecified atom stereocenters. The van der Waals surface area contributed by atoms with Crippen molar-refractivity contribution < 1.29 is 4.79 Å². The second-order valence-corrected chi connectivity index (χ2v) is 3.72. The van der Waals surface area contributed by atoms with Crippen LogP contribution >= 0.6 is 0 Å². The summed E-state index contributed by atoms with van der Waals surface area (Å²) in [7, 11) is 3.92. The van der Waals surface area contributed by atoms with E-state index in [4.69, 9.17) is 5.73 Å². The molecule has 0 aromatic carbocycles. The summed E-state index contributed by atoms with van der Waals surface area (Å²) in [6, 6.07) is 0.276. The first-order valence-corrected chi connectivity index (χ1v) is 4.76. The third-order valence-corrected chi connectivity index (χ3v) is 2.34. The Kier molecular flexibility index (Phi) is 3.68. The molecule has 0 bridgehead atoms. The molecular weight excluding hydrogens is 194 g/mol. The van der Waals surface area contributed by atoms with Crippen molar-refractivity contribution in [3.63, 3.8) is 0 Å². The maximum atomic E-state index is 11.6. The first kappa shape index (κ1) is 11.5. The van der Waals surface area contributed by atoms with Crippen LogP contribution in [-0.4, -0.2) is 47.7 Å². The molecule has 1 aromatic heterocycles. The first-order valence-electron chi connectivity index (χ1n) is 4.76. The molecule has 0 radical (unpaired) electrons. The zero-order chi connectivity index (χ0) is 11.4. The summed E-state index contributed by atoms with van der Waals surface area (Å²) in [4.78, 5) is 13.6. The van der Waals surface area contributed by atoms with Crippen molar-refractivity contribution in [2.45, 2.75) is 13.0 Å². The Labute approximate surface area is 88.8 Å². The summed E-state index contributed by atoms with van der Waals surface area (Å²) in [5.41, 5.74) is 6.23. The minimum Gasteiger partial charge on any atom is -0.396 e. The molecule has 1 amide bonds. The van der Waals surface area contributed by atoms with Gasteiger partial charge in [0.05, 0.1) is 11.9 Å². The lowest BCUT2D eigenvalue weighted by Crippen LogP contribution is -2.38. The van der Waals surface area contributed by atoms with E-state index in [9.17, 15) is 4.79 Å². The number of nitrogens with zero attached hydrogens (tertiary/aromatic N) is 2. The van der Waals surface area contributed by atoms with Gasteiger partial charge in [0.25, 0.3) is 5.91 Å². The molecule has 6 nitrogen and oxygen atoms in total. The van der Waals surface area contributed by atoms with Gasteiger partial charge < -0.3 is 16.0 Å². The van der Waals surface area contributed by atoms with Crippen LogP contribution in [0.4, 0.5) is 5.69 Å². The quantitative estimate of drug-likeness (QED) is 0.636. The van der Waals surface area contributed by atoms with Gasteiger partial charge in [-0.2, -0.15) is 5.10 Å². The monoisotopic (exact) mass is 211 g/mol. The van der Waals surface area contributed by atoms with Gasteiger partial charge in [0, 0.05) is 12.6 Å². The van der Waals surface area contributed by atoms with Crippen LogP contribution in [0.2, 0.25) is 0 Å². The Balaban J connectivity index is 2.47. The summed E-state index contributed by atoms with van der Waals surface area (Å²) < 4.78 is 0. The lowest BCUT2D eigenvalue weighted by Gasteiger charge is -2.19. The number of rotatable bonds is 4. The molecule has 1 rings (SSSR count). The molecule has 15 heavy (non-hydrogen) atoms. The number of aromatic nitrogens is 2. The zero-order valence-corrected chi connectivity index (χ0v) is 9.24. The number of nitrogens with two attached hydrogens (primary N) is 1. The average molecular weight is 211 g/mol. The number of aromatic amines is 1. The summed E-state index contributed by atoms with van der Waals surface area (Å²) >= 11 is 0. The van der Waals surface area contributed by atoms with Gasteiger partial charge in [0.2, 0.25) is 0 Å². The molecule has 1 heterocycles. The normalized spacial score (nSPS) is 12.8. The molecule has 0 aliphatic heterocycles. The number of likely N-dealkylation sites (N-methyl/N-ethyl adjacent to an activating group) is 1. The topological polar surface area (TPSA) is 87.0 Å². The molecule has 6 heteroatoms. The van der Waals surface area contributed by atoms with Crippen molar-refractivity contribution in [1.82, 2.24) is 20.4 Å². The van der Waals surface area contributed by atoms with Crippen LogP contribution in [-0.2, 0) is 0 Å². The zero-order valence-electron chi connectivity index (χ0n) is 9.24. The van der Waals surface area contributed by atoms with E-state index in [1.807, 2.05) is 25.9 Å². The van der Waals surface area contributed by atoms with Crippen molar-refractivity contribution in [3.05, 3.63) is 11.9 Å². The maximum Gasteiger partial charge on any atom is 0.271 e. The summed E-state index contributed by atoms with van der Waals surface area (Å²) in [6.45, 7) is 2.60. The lowest BCUT2D eigenvalue weighted by atomic mass is 10.3. The molecular formula is C9H17N5O. The molecule has 0 saturated carbocycles. The Morgan fingerprint density at radius 1 is 1.73 bits per heavy atom. The molecule has 0 saturated heterocycles. The number of carbonyl (C=O) groups is 1. The predicted octanol–water partition coefficient (Wildman–Crippen LogP) is -0.328. The number of nitrogens with one attached hydrogen (secondary N) is 2. The van der Waals surface area contributed by atoms with Gasteiger partial charge in [-0.15, -0.1) is 0 Å². The van der Waals surface area contributed by atoms with Gasteiger partial charge in [-0.3, -0.25) is 9.89 Å². The van der Waals surface area contributed by atoms with E-state index in [1.165, 1.54) is 6.20 Å². The largest absolute Gasteiger partial charge is 0.396 e. The second-order valence-electron chi connectivity index (χ2n) is 3.72. The molecule has 1 aromatic rings. The Hall–Kier alpha value is -1.56. The Morgan fingerprint density at radius 3 is 2.87 bits per heavy atom. The Bertz CT molecular complexity index is 333. The number of H-pyrrole nitrogens is 1. The first-order chi connectivity index (χ1) is 7.02. The third-order valence-electron chi connectivity index (χ3n) is 2.34. The highest BCUT2D eigenvalue weighted by molar-refractivity contribution is 5.96. The SMILES string of the molecule is CC(CNC(=O)c1[nH]ncc1N)N(C)C. The van der Waals surface area contributed by atoms with Crippen molar-refractivity contribution in [2.24, 2.45) is 0 Å².